The summed E-state index contributed by atoms with van der Waals surface area (Å²) in [5, 5.41) is 5.20. The number of hydrogen-bond acceptors (Lipinski definition) is 1. The summed E-state index contributed by atoms with van der Waals surface area (Å²) in [5.74, 6) is 0. The third kappa shape index (κ3) is 3.91. The van der Waals surface area contributed by atoms with E-state index in [9.17, 15) is 0 Å². The van der Waals surface area contributed by atoms with Gasteiger partial charge in [0.25, 0.3) is 0 Å². The van der Waals surface area contributed by atoms with Crippen molar-refractivity contribution in [2.45, 2.75) is 5.41 Å². The highest BCUT2D eigenvalue weighted by atomic mass is 31.2. The molecular formula is C53H33OP. The monoisotopic (exact) mass is 716 g/mol. The van der Waals surface area contributed by atoms with Crippen LogP contribution in [0.5, 0.6) is 0 Å². The van der Waals surface area contributed by atoms with Gasteiger partial charge in [-0.3, -0.25) is 0 Å². The van der Waals surface area contributed by atoms with Gasteiger partial charge in [0, 0.05) is 15.9 Å². The Kier molecular flexibility index (Phi) is 6.32. The Morgan fingerprint density at radius 3 is 1.45 bits per heavy atom. The van der Waals surface area contributed by atoms with Gasteiger partial charge in [-0.05, 0) is 94.7 Å². The Hall–Kier alpha value is -6.53. The summed E-state index contributed by atoms with van der Waals surface area (Å²) in [5.41, 5.74) is 17.6. The van der Waals surface area contributed by atoms with Crippen molar-refractivity contribution in [3.63, 3.8) is 0 Å². The zero-order chi connectivity index (χ0) is 36.3. The second-order valence-corrected chi connectivity index (χ2v) is 17.8. The predicted octanol–water partition coefficient (Wildman–Crippen LogP) is 12.1. The second-order valence-electron chi connectivity index (χ2n) is 15.0. The highest BCUT2D eigenvalue weighted by molar-refractivity contribution is 7.85. The largest absolute Gasteiger partial charge is 0.309 e. The van der Waals surface area contributed by atoms with E-state index in [-0.39, 0.29) is 0 Å². The molecule has 1 unspecified atom stereocenters. The van der Waals surface area contributed by atoms with Crippen molar-refractivity contribution in [1.82, 2.24) is 0 Å². The fourth-order valence-corrected chi connectivity index (χ4v) is 13.0. The van der Waals surface area contributed by atoms with E-state index in [0.29, 0.717) is 0 Å². The Bertz CT molecular complexity index is 3060. The molecule has 1 atom stereocenters. The maximum Gasteiger partial charge on any atom is 0.171 e. The molecule has 0 saturated heterocycles. The third-order valence-corrected chi connectivity index (χ3v) is 15.6. The first kappa shape index (κ1) is 30.9. The van der Waals surface area contributed by atoms with Crippen LogP contribution in [0.4, 0.5) is 0 Å². The molecule has 1 spiro atoms. The molecule has 0 radical (unpaired) electrons. The molecule has 3 aliphatic carbocycles. The minimum Gasteiger partial charge on any atom is -0.309 e. The molecule has 9 aromatic carbocycles. The van der Waals surface area contributed by atoms with Gasteiger partial charge in [-0.15, -0.1) is 0 Å². The zero-order valence-electron chi connectivity index (χ0n) is 29.9. The van der Waals surface area contributed by atoms with Gasteiger partial charge in [-0.25, -0.2) is 0 Å². The van der Waals surface area contributed by atoms with Crippen LogP contribution in [-0.4, -0.2) is 0 Å². The minimum absolute atomic E-state index is 0.484. The summed E-state index contributed by atoms with van der Waals surface area (Å²) in [6.07, 6.45) is 0. The van der Waals surface area contributed by atoms with Gasteiger partial charge in [0.1, 0.15) is 0 Å². The number of rotatable bonds is 4. The van der Waals surface area contributed by atoms with Crippen molar-refractivity contribution in [2.24, 2.45) is 0 Å². The lowest BCUT2D eigenvalue weighted by molar-refractivity contribution is 0.592. The Morgan fingerprint density at radius 2 is 0.800 bits per heavy atom. The van der Waals surface area contributed by atoms with E-state index in [2.05, 4.69) is 140 Å². The predicted molar refractivity (Wildman–Crippen MR) is 230 cm³/mol. The molecule has 0 bridgehead atoms. The van der Waals surface area contributed by atoms with E-state index in [1.165, 1.54) is 83.1 Å². The Balaban J connectivity index is 1.11. The lowest BCUT2D eigenvalue weighted by atomic mass is 9.70. The van der Waals surface area contributed by atoms with E-state index < -0.39 is 12.6 Å². The lowest BCUT2D eigenvalue weighted by Gasteiger charge is -2.31. The van der Waals surface area contributed by atoms with Crippen LogP contribution in [0.3, 0.4) is 0 Å². The summed E-state index contributed by atoms with van der Waals surface area (Å²) in [6, 6.07) is 71.7. The highest BCUT2D eigenvalue weighted by Gasteiger charge is 2.53. The van der Waals surface area contributed by atoms with Crippen molar-refractivity contribution >= 4 is 33.8 Å². The SMILES string of the molecule is O=P(c1ccccc1)(c1ccccc1)c1ccc(-c2cccc3c2-c2ccccc2C32c3ccccc3-c3c2cc2c4c(cccc34)-c3ccccc3-2)cc1. The molecule has 1 nitrogen and oxygen atoms in total. The van der Waals surface area contributed by atoms with Crippen LogP contribution < -0.4 is 15.9 Å². The third-order valence-electron chi connectivity index (χ3n) is 12.5. The number of fused-ring (bicyclic) bond motifs is 14. The maximum absolute atomic E-state index is 15.2. The van der Waals surface area contributed by atoms with Gasteiger partial charge >= 0.3 is 0 Å². The average Bonchev–Trinajstić information content (AvgIpc) is 3.87. The molecule has 12 rings (SSSR count). The average molecular weight is 717 g/mol. The Labute approximate surface area is 320 Å². The summed E-state index contributed by atoms with van der Waals surface area (Å²) in [6.45, 7) is 0. The molecule has 3 aliphatic rings. The van der Waals surface area contributed by atoms with Crippen LogP contribution in [0.15, 0.2) is 200 Å². The van der Waals surface area contributed by atoms with E-state index in [4.69, 9.17) is 0 Å². The molecule has 0 heterocycles. The van der Waals surface area contributed by atoms with Gasteiger partial charge in [0.2, 0.25) is 0 Å². The van der Waals surface area contributed by atoms with Gasteiger partial charge in [0.05, 0.1) is 5.41 Å². The number of hydrogen-bond donors (Lipinski definition) is 0. The quantitative estimate of drug-likeness (QED) is 0.166. The van der Waals surface area contributed by atoms with Crippen LogP contribution in [-0.2, 0) is 9.98 Å². The molecule has 55 heavy (non-hydrogen) atoms. The summed E-state index contributed by atoms with van der Waals surface area (Å²) in [7, 11) is -3.10. The molecule has 0 saturated carbocycles. The van der Waals surface area contributed by atoms with Crippen LogP contribution in [0, 0.1) is 0 Å². The Morgan fingerprint density at radius 1 is 0.327 bits per heavy atom. The molecule has 0 amide bonds. The van der Waals surface area contributed by atoms with Crippen molar-refractivity contribution in [1.29, 1.82) is 0 Å². The lowest BCUT2D eigenvalue weighted by Crippen LogP contribution is -2.26. The van der Waals surface area contributed by atoms with E-state index in [0.717, 1.165) is 21.5 Å². The summed E-state index contributed by atoms with van der Waals surface area (Å²) < 4.78 is 15.2. The number of benzene rings is 9. The molecule has 0 aromatic heterocycles. The first-order valence-electron chi connectivity index (χ1n) is 19.0. The molecule has 2 heteroatoms. The minimum atomic E-state index is -3.10. The normalized spacial score (nSPS) is 15.4. The molecule has 256 valence electrons. The maximum atomic E-state index is 15.2. The molecule has 0 aliphatic heterocycles. The summed E-state index contributed by atoms with van der Waals surface area (Å²) in [4.78, 5) is 0. The fourth-order valence-electron chi connectivity index (χ4n) is 10.4. The smallest absolute Gasteiger partial charge is 0.171 e. The van der Waals surface area contributed by atoms with Crippen molar-refractivity contribution in [3.8, 4) is 55.6 Å². The van der Waals surface area contributed by atoms with Crippen LogP contribution >= 0.6 is 7.14 Å². The second kappa shape index (κ2) is 11.2. The van der Waals surface area contributed by atoms with E-state index in [1.54, 1.807) is 0 Å². The molecule has 0 N–H and O–H groups in total. The van der Waals surface area contributed by atoms with Crippen LogP contribution in [0.1, 0.15) is 22.3 Å². The molecule has 9 aromatic rings. The highest BCUT2D eigenvalue weighted by Crippen LogP contribution is 2.66. The first-order chi connectivity index (χ1) is 27.2. The fraction of sp³-hybridized carbons (Fsp3) is 0.0189. The van der Waals surface area contributed by atoms with Gasteiger partial charge in [0.15, 0.2) is 7.14 Å². The molecule has 0 fully saturated rings. The van der Waals surface area contributed by atoms with E-state index >= 15 is 4.57 Å². The molecular weight excluding hydrogens is 684 g/mol. The van der Waals surface area contributed by atoms with Gasteiger partial charge in [-0.1, -0.05) is 194 Å². The van der Waals surface area contributed by atoms with Crippen molar-refractivity contribution in [2.75, 3.05) is 0 Å². The van der Waals surface area contributed by atoms with Crippen LogP contribution in [0.25, 0.3) is 66.4 Å². The standard InChI is InChI=1S/C53H33OP/c54-55(35-15-3-1-4-16-35,36-17-5-2-6-18-36)37-31-29-34(30-32-37)38-23-14-28-48-51(38)42-21-9-11-26-46(42)53(48)47-27-12-10-22-43(47)52-44-25-13-24-41-39-19-7-8-20-40(39)45(50(41)44)33-49(52)53/h1-33H. The van der Waals surface area contributed by atoms with E-state index in [1.807, 2.05) is 60.7 Å². The van der Waals surface area contributed by atoms with Gasteiger partial charge < -0.3 is 4.57 Å². The van der Waals surface area contributed by atoms with Crippen molar-refractivity contribution in [3.05, 3.63) is 222 Å². The van der Waals surface area contributed by atoms with Gasteiger partial charge in [-0.2, -0.15) is 0 Å². The van der Waals surface area contributed by atoms with Crippen molar-refractivity contribution < 1.29 is 4.57 Å². The zero-order valence-corrected chi connectivity index (χ0v) is 30.8. The first-order valence-corrected chi connectivity index (χ1v) is 20.8. The van der Waals surface area contributed by atoms with Crippen LogP contribution in [0.2, 0.25) is 0 Å². The summed E-state index contributed by atoms with van der Waals surface area (Å²) >= 11 is 0. The topological polar surface area (TPSA) is 17.1 Å².